The van der Waals surface area contributed by atoms with E-state index in [1.807, 2.05) is 36.4 Å². The summed E-state index contributed by atoms with van der Waals surface area (Å²) in [6, 6.07) is 15.7. The number of anilines is 1. The summed E-state index contributed by atoms with van der Waals surface area (Å²) in [5.41, 5.74) is 8.55. The molecule has 5 nitrogen and oxygen atoms in total. The number of nitrogen functional groups attached to an aromatic ring is 1. The van der Waals surface area contributed by atoms with Crippen LogP contribution in [0.3, 0.4) is 0 Å². The lowest BCUT2D eigenvalue weighted by Crippen LogP contribution is -2.37. The standard InChI is InChI=1S/C21H27N3O2.2ClH/c1-26-19-6-4-5-17(14-19)20(24-11-2-3-12-24)15-23-21(25)13-16-7-9-18(22)10-8-16;;/h4-10,14,20H,2-3,11-13,15,22H2,1H3,(H,23,25);2*1H. The maximum Gasteiger partial charge on any atom is 0.224 e. The minimum atomic E-state index is 0. The Morgan fingerprint density at radius 2 is 1.82 bits per heavy atom. The van der Waals surface area contributed by atoms with Gasteiger partial charge in [-0.15, -0.1) is 24.8 Å². The van der Waals surface area contributed by atoms with Crippen molar-refractivity contribution in [2.75, 3.05) is 32.5 Å². The van der Waals surface area contributed by atoms with Gasteiger partial charge in [-0.1, -0.05) is 24.3 Å². The van der Waals surface area contributed by atoms with Crippen molar-refractivity contribution < 1.29 is 9.53 Å². The van der Waals surface area contributed by atoms with Gasteiger partial charge in [-0.05, 0) is 61.3 Å². The van der Waals surface area contributed by atoms with Crippen molar-refractivity contribution in [3.05, 3.63) is 59.7 Å². The molecule has 3 N–H and O–H groups in total. The van der Waals surface area contributed by atoms with Gasteiger partial charge in [0, 0.05) is 12.2 Å². The Hall–Kier alpha value is -1.95. The van der Waals surface area contributed by atoms with Gasteiger partial charge in [-0.3, -0.25) is 9.69 Å². The number of likely N-dealkylation sites (tertiary alicyclic amines) is 1. The number of hydrogen-bond acceptors (Lipinski definition) is 4. The van der Waals surface area contributed by atoms with E-state index < -0.39 is 0 Å². The van der Waals surface area contributed by atoms with Gasteiger partial charge in [0.15, 0.2) is 0 Å². The van der Waals surface area contributed by atoms with Gasteiger partial charge in [0.25, 0.3) is 0 Å². The number of hydrogen-bond donors (Lipinski definition) is 2. The number of nitrogens with two attached hydrogens (primary N) is 1. The van der Waals surface area contributed by atoms with Crippen LogP contribution in [0.1, 0.15) is 30.0 Å². The molecule has 0 aromatic heterocycles. The number of halogens is 2. The van der Waals surface area contributed by atoms with E-state index in [1.165, 1.54) is 18.4 Å². The van der Waals surface area contributed by atoms with E-state index in [1.54, 1.807) is 7.11 Å². The maximum atomic E-state index is 12.4. The van der Waals surface area contributed by atoms with Gasteiger partial charge in [-0.25, -0.2) is 0 Å². The molecule has 1 aliphatic heterocycles. The summed E-state index contributed by atoms with van der Waals surface area (Å²) in [4.78, 5) is 14.8. The quantitative estimate of drug-likeness (QED) is 0.664. The van der Waals surface area contributed by atoms with Crippen LogP contribution in [-0.4, -0.2) is 37.6 Å². The van der Waals surface area contributed by atoms with E-state index >= 15 is 0 Å². The molecule has 0 aliphatic carbocycles. The molecular formula is C21H29Cl2N3O2. The normalized spacial score (nSPS) is 14.5. The van der Waals surface area contributed by atoms with Crippen molar-refractivity contribution >= 4 is 36.4 Å². The molecule has 1 unspecified atom stereocenters. The van der Waals surface area contributed by atoms with E-state index in [9.17, 15) is 4.79 Å². The number of nitrogens with zero attached hydrogens (tertiary/aromatic N) is 1. The number of methoxy groups -OCH3 is 1. The van der Waals surface area contributed by atoms with Gasteiger partial charge >= 0.3 is 0 Å². The molecule has 28 heavy (non-hydrogen) atoms. The summed E-state index contributed by atoms with van der Waals surface area (Å²) in [5.74, 6) is 0.877. The van der Waals surface area contributed by atoms with Gasteiger partial charge in [-0.2, -0.15) is 0 Å². The van der Waals surface area contributed by atoms with Crippen LogP contribution in [-0.2, 0) is 11.2 Å². The number of carbonyl (C=O) groups excluding carboxylic acids is 1. The van der Waals surface area contributed by atoms with Crippen molar-refractivity contribution in [1.82, 2.24) is 10.2 Å². The molecule has 0 spiro atoms. The highest BCUT2D eigenvalue weighted by Crippen LogP contribution is 2.27. The molecule has 0 saturated carbocycles. The lowest BCUT2D eigenvalue weighted by Gasteiger charge is -2.28. The highest BCUT2D eigenvalue weighted by molar-refractivity contribution is 5.85. The number of nitrogens with one attached hydrogen (secondary N) is 1. The molecular weight excluding hydrogens is 397 g/mol. The fourth-order valence-corrected chi connectivity index (χ4v) is 3.45. The Bertz CT molecular complexity index is 735. The van der Waals surface area contributed by atoms with Crippen LogP contribution in [0.4, 0.5) is 5.69 Å². The first kappa shape index (κ1) is 24.1. The molecule has 3 rings (SSSR count). The largest absolute Gasteiger partial charge is 0.497 e. The lowest BCUT2D eigenvalue weighted by atomic mass is 10.0. The van der Waals surface area contributed by atoms with Crippen LogP contribution in [0.15, 0.2) is 48.5 Å². The molecule has 2 aromatic carbocycles. The lowest BCUT2D eigenvalue weighted by molar-refractivity contribution is -0.120. The van der Waals surface area contributed by atoms with Crippen LogP contribution in [0.2, 0.25) is 0 Å². The van der Waals surface area contributed by atoms with Crippen molar-refractivity contribution in [3.8, 4) is 5.75 Å². The van der Waals surface area contributed by atoms with Crippen molar-refractivity contribution in [1.29, 1.82) is 0 Å². The number of ether oxygens (including phenoxy) is 1. The van der Waals surface area contributed by atoms with Crippen LogP contribution >= 0.6 is 24.8 Å². The van der Waals surface area contributed by atoms with Gasteiger partial charge in [0.1, 0.15) is 5.75 Å². The monoisotopic (exact) mass is 425 g/mol. The summed E-state index contributed by atoms with van der Waals surface area (Å²) in [6.45, 7) is 2.73. The predicted molar refractivity (Wildman–Crippen MR) is 119 cm³/mol. The molecule has 2 aromatic rings. The third kappa shape index (κ3) is 6.59. The summed E-state index contributed by atoms with van der Waals surface area (Å²) in [7, 11) is 1.68. The SMILES string of the molecule is COc1cccc(C(CNC(=O)Cc2ccc(N)cc2)N2CCCC2)c1.Cl.Cl. The Morgan fingerprint density at radius 3 is 2.46 bits per heavy atom. The van der Waals surface area contributed by atoms with Crippen LogP contribution < -0.4 is 15.8 Å². The van der Waals surface area contributed by atoms with E-state index in [0.29, 0.717) is 18.7 Å². The fourth-order valence-electron chi connectivity index (χ4n) is 3.45. The molecule has 1 amide bonds. The van der Waals surface area contributed by atoms with E-state index in [0.717, 1.165) is 24.4 Å². The van der Waals surface area contributed by atoms with Crippen molar-refractivity contribution in [3.63, 3.8) is 0 Å². The first-order valence-electron chi connectivity index (χ1n) is 9.15. The maximum absolute atomic E-state index is 12.4. The zero-order valence-electron chi connectivity index (χ0n) is 16.1. The highest BCUT2D eigenvalue weighted by Gasteiger charge is 2.24. The number of carbonyl (C=O) groups is 1. The van der Waals surface area contributed by atoms with E-state index in [-0.39, 0.29) is 36.8 Å². The first-order chi connectivity index (χ1) is 12.7. The van der Waals surface area contributed by atoms with Crippen LogP contribution in [0.5, 0.6) is 5.75 Å². The molecule has 1 saturated heterocycles. The van der Waals surface area contributed by atoms with E-state index in [4.69, 9.17) is 10.5 Å². The Kier molecular flexibility index (Phi) is 10.1. The summed E-state index contributed by atoms with van der Waals surface area (Å²) < 4.78 is 5.37. The molecule has 7 heteroatoms. The third-order valence-electron chi connectivity index (χ3n) is 4.90. The van der Waals surface area contributed by atoms with E-state index in [2.05, 4.69) is 22.3 Å². The number of benzene rings is 2. The first-order valence-corrected chi connectivity index (χ1v) is 9.15. The fraction of sp³-hybridized carbons (Fsp3) is 0.381. The van der Waals surface area contributed by atoms with Crippen LogP contribution in [0.25, 0.3) is 0 Å². The molecule has 1 heterocycles. The Balaban J connectivity index is 0.00000196. The molecule has 0 radical (unpaired) electrons. The average molecular weight is 426 g/mol. The number of rotatable bonds is 7. The summed E-state index contributed by atoms with van der Waals surface area (Å²) in [5, 5.41) is 3.11. The average Bonchev–Trinajstić information content (AvgIpc) is 3.18. The predicted octanol–water partition coefficient (Wildman–Crippen LogP) is 3.62. The van der Waals surface area contributed by atoms with Crippen LogP contribution in [0, 0.1) is 0 Å². The molecule has 1 atom stereocenters. The van der Waals surface area contributed by atoms with Crippen molar-refractivity contribution in [2.45, 2.75) is 25.3 Å². The third-order valence-corrected chi connectivity index (χ3v) is 4.90. The molecule has 1 aliphatic rings. The Morgan fingerprint density at radius 1 is 1.14 bits per heavy atom. The summed E-state index contributed by atoms with van der Waals surface area (Å²) in [6.07, 6.45) is 2.78. The molecule has 1 fully saturated rings. The van der Waals surface area contributed by atoms with Gasteiger partial charge in [0.2, 0.25) is 5.91 Å². The minimum absolute atomic E-state index is 0. The second kappa shape index (κ2) is 11.8. The number of amides is 1. The van der Waals surface area contributed by atoms with Crippen molar-refractivity contribution in [2.24, 2.45) is 0 Å². The molecule has 0 bridgehead atoms. The zero-order valence-corrected chi connectivity index (χ0v) is 17.7. The van der Waals surface area contributed by atoms with Gasteiger partial charge < -0.3 is 15.8 Å². The molecule has 154 valence electrons. The zero-order chi connectivity index (χ0) is 18.4. The Labute approximate surface area is 179 Å². The topological polar surface area (TPSA) is 67.6 Å². The van der Waals surface area contributed by atoms with Gasteiger partial charge in [0.05, 0.1) is 19.6 Å². The summed E-state index contributed by atoms with van der Waals surface area (Å²) >= 11 is 0. The second-order valence-corrected chi connectivity index (χ2v) is 6.76. The minimum Gasteiger partial charge on any atom is -0.497 e. The second-order valence-electron chi connectivity index (χ2n) is 6.76. The highest BCUT2D eigenvalue weighted by atomic mass is 35.5. The smallest absolute Gasteiger partial charge is 0.224 e.